The van der Waals surface area contributed by atoms with Crippen LogP contribution < -0.4 is 15.2 Å². The number of benzene rings is 2. The van der Waals surface area contributed by atoms with Crippen molar-refractivity contribution in [2.24, 2.45) is 0 Å². The van der Waals surface area contributed by atoms with Gasteiger partial charge in [0.05, 0.1) is 22.3 Å². The van der Waals surface area contributed by atoms with Crippen molar-refractivity contribution in [2.75, 3.05) is 5.06 Å². The highest BCUT2D eigenvalue weighted by Gasteiger charge is 2.31. The van der Waals surface area contributed by atoms with Gasteiger partial charge in [-0.3, -0.25) is 14.8 Å². The normalized spacial score (nSPS) is 11.4. The first-order valence-electron chi connectivity index (χ1n) is 8.14. The molecule has 9 nitrogen and oxygen atoms in total. The number of amides is 1. The van der Waals surface area contributed by atoms with E-state index in [9.17, 15) is 37.9 Å². The molecule has 1 heterocycles. The van der Waals surface area contributed by atoms with Crippen molar-refractivity contribution in [1.82, 2.24) is 9.78 Å². The second-order valence-corrected chi connectivity index (χ2v) is 5.94. The van der Waals surface area contributed by atoms with Crippen LogP contribution in [0.15, 0.2) is 47.3 Å². The molecule has 0 unspecified atom stereocenters. The minimum absolute atomic E-state index is 0.00675. The van der Waals surface area contributed by atoms with Crippen LogP contribution >= 0.6 is 0 Å². The van der Waals surface area contributed by atoms with E-state index in [1.807, 2.05) is 0 Å². The van der Waals surface area contributed by atoms with Crippen molar-refractivity contribution in [3.05, 3.63) is 58.4 Å². The third-order valence-corrected chi connectivity index (χ3v) is 3.93. The number of fused-ring (bicyclic) bond motifs is 1. The van der Waals surface area contributed by atoms with Gasteiger partial charge in [-0.2, -0.15) is 10.2 Å². The standard InChI is InChI=1S/C18H12F3N3O6/c1-9(25)24(29)13-4-2-3-12-14(13)16(26)15(17(27)28)22-23(12)10-5-7-11(8-6-10)30-18(19,20)21/h2-8,29H,1H3,(H,27,28). The number of hydroxylamine groups is 1. The Kier molecular flexibility index (Phi) is 5.18. The highest BCUT2D eigenvalue weighted by molar-refractivity contribution is 6.02. The van der Waals surface area contributed by atoms with Crippen LogP contribution in [0.1, 0.15) is 17.4 Å². The third kappa shape index (κ3) is 3.93. The highest BCUT2D eigenvalue weighted by Crippen LogP contribution is 2.27. The number of carboxylic acids is 1. The lowest BCUT2D eigenvalue weighted by Gasteiger charge is -2.17. The van der Waals surface area contributed by atoms with E-state index in [2.05, 4.69) is 9.84 Å². The Morgan fingerprint density at radius 1 is 1.13 bits per heavy atom. The van der Waals surface area contributed by atoms with Gasteiger partial charge in [0.25, 0.3) is 0 Å². The van der Waals surface area contributed by atoms with Gasteiger partial charge in [0, 0.05) is 6.92 Å². The summed E-state index contributed by atoms with van der Waals surface area (Å²) in [4.78, 5) is 35.7. The monoisotopic (exact) mass is 423 g/mol. The fourth-order valence-electron chi connectivity index (χ4n) is 2.73. The lowest BCUT2D eigenvalue weighted by Crippen LogP contribution is -2.28. The summed E-state index contributed by atoms with van der Waals surface area (Å²) in [6.45, 7) is 1.02. The fraction of sp³-hybridized carbons (Fsp3) is 0.111. The van der Waals surface area contributed by atoms with Gasteiger partial charge in [0.15, 0.2) is 0 Å². The Bertz CT molecular complexity index is 1200. The van der Waals surface area contributed by atoms with E-state index in [0.29, 0.717) is 0 Å². The summed E-state index contributed by atoms with van der Waals surface area (Å²) in [5.41, 5.74) is -2.14. The number of carbonyl (C=O) groups is 2. The fourth-order valence-corrected chi connectivity index (χ4v) is 2.73. The van der Waals surface area contributed by atoms with Gasteiger partial charge in [-0.25, -0.2) is 9.48 Å². The number of carboxylic acid groups (broad SMARTS) is 1. The smallest absolute Gasteiger partial charge is 0.476 e. The number of carbonyl (C=O) groups excluding carboxylic acids is 1. The Morgan fingerprint density at radius 2 is 1.77 bits per heavy atom. The van der Waals surface area contributed by atoms with E-state index in [4.69, 9.17) is 0 Å². The number of hydrogen-bond acceptors (Lipinski definition) is 6. The van der Waals surface area contributed by atoms with Crippen LogP contribution in [0.3, 0.4) is 0 Å². The Balaban J connectivity index is 2.29. The maximum Gasteiger partial charge on any atom is 0.573 e. The number of anilines is 1. The molecule has 0 saturated heterocycles. The van der Waals surface area contributed by atoms with E-state index in [1.54, 1.807) is 0 Å². The van der Waals surface area contributed by atoms with Crippen molar-refractivity contribution >= 4 is 28.5 Å². The molecule has 0 bridgehead atoms. The lowest BCUT2D eigenvalue weighted by atomic mass is 10.1. The lowest BCUT2D eigenvalue weighted by molar-refractivity contribution is -0.274. The van der Waals surface area contributed by atoms with Gasteiger partial charge >= 0.3 is 12.3 Å². The van der Waals surface area contributed by atoms with Crippen LogP contribution in [0.25, 0.3) is 16.6 Å². The zero-order valence-electron chi connectivity index (χ0n) is 15.0. The SMILES string of the molecule is CC(=O)N(O)c1cccc2c1c(=O)c(C(=O)O)nn2-c1ccc(OC(F)(F)F)cc1. The van der Waals surface area contributed by atoms with Gasteiger partial charge < -0.3 is 9.84 Å². The predicted octanol–water partition coefficient (Wildman–Crippen LogP) is 2.72. The number of rotatable bonds is 4. The maximum absolute atomic E-state index is 12.7. The van der Waals surface area contributed by atoms with Crippen molar-refractivity contribution in [2.45, 2.75) is 13.3 Å². The highest BCUT2D eigenvalue weighted by atomic mass is 19.4. The molecular formula is C18H12F3N3O6. The van der Waals surface area contributed by atoms with Crippen LogP contribution in [0.2, 0.25) is 0 Å². The molecule has 0 radical (unpaired) electrons. The number of halogens is 3. The number of ether oxygens (including phenoxy) is 1. The maximum atomic E-state index is 12.7. The van der Waals surface area contributed by atoms with Crippen molar-refractivity contribution in [3.8, 4) is 11.4 Å². The van der Waals surface area contributed by atoms with Crippen LogP contribution in [0.4, 0.5) is 18.9 Å². The predicted molar refractivity (Wildman–Crippen MR) is 95.9 cm³/mol. The molecule has 30 heavy (non-hydrogen) atoms. The molecule has 3 aromatic rings. The molecule has 0 aliphatic carbocycles. The quantitative estimate of drug-likeness (QED) is 0.489. The van der Waals surface area contributed by atoms with Crippen LogP contribution in [-0.2, 0) is 4.79 Å². The number of nitrogens with zero attached hydrogens (tertiary/aromatic N) is 3. The van der Waals surface area contributed by atoms with Gasteiger partial charge in [-0.15, -0.1) is 13.2 Å². The topological polar surface area (TPSA) is 122 Å². The summed E-state index contributed by atoms with van der Waals surface area (Å²) in [7, 11) is 0. The van der Waals surface area contributed by atoms with E-state index in [-0.39, 0.29) is 27.3 Å². The number of aromatic carboxylic acids is 1. The average Bonchev–Trinajstić information content (AvgIpc) is 2.66. The number of hydrogen-bond donors (Lipinski definition) is 2. The van der Waals surface area contributed by atoms with Crippen LogP contribution in [0.5, 0.6) is 5.75 Å². The first-order chi connectivity index (χ1) is 14.0. The van der Waals surface area contributed by atoms with E-state index in [1.165, 1.54) is 18.2 Å². The Labute approximate surface area is 165 Å². The molecule has 0 atom stereocenters. The van der Waals surface area contributed by atoms with Crippen molar-refractivity contribution < 1.29 is 37.8 Å². The summed E-state index contributed by atoms with van der Waals surface area (Å²) in [6.07, 6.45) is -4.90. The summed E-state index contributed by atoms with van der Waals surface area (Å²) < 4.78 is 41.8. The van der Waals surface area contributed by atoms with Crippen molar-refractivity contribution in [3.63, 3.8) is 0 Å². The van der Waals surface area contributed by atoms with Gasteiger partial charge in [0.2, 0.25) is 17.0 Å². The van der Waals surface area contributed by atoms with Crippen molar-refractivity contribution in [1.29, 1.82) is 0 Å². The summed E-state index contributed by atoms with van der Waals surface area (Å²) in [5.74, 6) is -3.03. The zero-order chi connectivity index (χ0) is 22.2. The summed E-state index contributed by atoms with van der Waals surface area (Å²) in [6, 6.07) is 8.26. The molecule has 0 aliphatic rings. The molecule has 0 aliphatic heterocycles. The molecular weight excluding hydrogens is 411 g/mol. The first-order valence-corrected chi connectivity index (χ1v) is 8.14. The van der Waals surface area contributed by atoms with E-state index in [0.717, 1.165) is 35.9 Å². The largest absolute Gasteiger partial charge is 0.573 e. The van der Waals surface area contributed by atoms with Crippen LogP contribution in [0, 0.1) is 0 Å². The van der Waals surface area contributed by atoms with Gasteiger partial charge in [0.1, 0.15) is 5.75 Å². The summed E-state index contributed by atoms with van der Waals surface area (Å²) >= 11 is 0. The molecule has 1 aromatic heterocycles. The Hall–Kier alpha value is -3.93. The molecule has 12 heteroatoms. The molecule has 0 spiro atoms. The summed E-state index contributed by atoms with van der Waals surface area (Å²) in [5, 5.41) is 23.0. The third-order valence-electron chi connectivity index (χ3n) is 3.93. The van der Waals surface area contributed by atoms with E-state index < -0.39 is 35.1 Å². The molecule has 3 rings (SSSR count). The van der Waals surface area contributed by atoms with Crippen LogP contribution in [-0.4, -0.2) is 38.3 Å². The molecule has 2 N–H and O–H groups in total. The molecule has 2 aromatic carbocycles. The number of alkyl halides is 3. The average molecular weight is 423 g/mol. The molecule has 156 valence electrons. The minimum Gasteiger partial charge on any atom is -0.476 e. The van der Waals surface area contributed by atoms with Gasteiger partial charge in [-0.05, 0) is 36.4 Å². The Morgan fingerprint density at radius 3 is 2.30 bits per heavy atom. The van der Waals surface area contributed by atoms with E-state index >= 15 is 0 Å². The molecule has 1 amide bonds. The second kappa shape index (κ2) is 7.48. The zero-order valence-corrected chi connectivity index (χ0v) is 15.0. The minimum atomic E-state index is -4.90. The molecule has 0 fully saturated rings. The first kappa shape index (κ1) is 20.8. The molecule has 0 saturated carbocycles. The second-order valence-electron chi connectivity index (χ2n) is 5.94. The number of aromatic nitrogens is 2. The van der Waals surface area contributed by atoms with Gasteiger partial charge in [-0.1, -0.05) is 6.07 Å².